The molecule has 1 aromatic carbocycles. The van der Waals surface area contributed by atoms with Crippen LogP contribution < -0.4 is 5.48 Å². The van der Waals surface area contributed by atoms with Crippen molar-refractivity contribution in [2.45, 2.75) is 62.9 Å². The van der Waals surface area contributed by atoms with E-state index in [1.54, 1.807) is 0 Å². The SMILES string of the molecule is CN(C(=O)O)C1CCC(ONC(=O)[C@@H]2CC[C@@H]3CN2C(=O)N3OCc2ccccc2)C1. The van der Waals surface area contributed by atoms with Gasteiger partial charge < -0.3 is 14.9 Å². The molecule has 0 spiro atoms. The normalized spacial score (nSPS) is 27.5. The highest BCUT2D eigenvalue weighted by Crippen LogP contribution is 2.31. The third-order valence-electron chi connectivity index (χ3n) is 6.37. The molecule has 1 aliphatic carbocycles. The first-order valence-electron chi connectivity index (χ1n) is 10.6. The molecule has 31 heavy (non-hydrogen) atoms. The minimum Gasteiger partial charge on any atom is -0.465 e. The van der Waals surface area contributed by atoms with E-state index in [4.69, 9.17) is 14.8 Å². The van der Waals surface area contributed by atoms with E-state index >= 15 is 0 Å². The number of carbonyl (C=O) groups excluding carboxylic acids is 2. The number of hydroxylamine groups is 3. The van der Waals surface area contributed by atoms with Gasteiger partial charge in [0, 0.05) is 19.6 Å². The molecule has 4 rings (SSSR count). The van der Waals surface area contributed by atoms with E-state index < -0.39 is 12.1 Å². The second-order valence-corrected chi connectivity index (χ2v) is 8.33. The van der Waals surface area contributed by atoms with E-state index in [1.165, 1.54) is 21.9 Å². The van der Waals surface area contributed by atoms with Gasteiger partial charge in [0.15, 0.2) is 0 Å². The van der Waals surface area contributed by atoms with Crippen LogP contribution >= 0.6 is 0 Å². The predicted octanol–water partition coefficient (Wildman–Crippen LogP) is 1.97. The highest BCUT2D eigenvalue weighted by atomic mass is 16.7. The lowest BCUT2D eigenvalue weighted by Gasteiger charge is -2.29. The number of nitrogens with zero attached hydrogens (tertiary/aromatic N) is 3. The van der Waals surface area contributed by atoms with Crippen LogP contribution in [0.4, 0.5) is 9.59 Å². The topological polar surface area (TPSA) is 112 Å². The van der Waals surface area contributed by atoms with E-state index in [1.807, 2.05) is 30.3 Å². The molecule has 2 unspecified atom stereocenters. The molecule has 10 nitrogen and oxygen atoms in total. The van der Waals surface area contributed by atoms with Crippen LogP contribution in [0.15, 0.2) is 30.3 Å². The number of piperidine rings is 1. The van der Waals surface area contributed by atoms with Gasteiger partial charge in [0.05, 0.1) is 12.1 Å². The first-order valence-corrected chi connectivity index (χ1v) is 10.6. The van der Waals surface area contributed by atoms with Crippen LogP contribution in [0.5, 0.6) is 0 Å². The van der Waals surface area contributed by atoms with E-state index in [0.717, 1.165) is 5.56 Å². The average molecular weight is 432 g/mol. The number of hydrogen-bond acceptors (Lipinski definition) is 5. The Kier molecular flexibility index (Phi) is 6.28. The second-order valence-electron chi connectivity index (χ2n) is 8.33. The van der Waals surface area contributed by atoms with Gasteiger partial charge in [-0.15, -0.1) is 0 Å². The second kappa shape index (κ2) is 9.11. The summed E-state index contributed by atoms with van der Waals surface area (Å²) in [5, 5.41) is 10.5. The summed E-state index contributed by atoms with van der Waals surface area (Å²) >= 11 is 0. The maximum absolute atomic E-state index is 12.8. The van der Waals surface area contributed by atoms with Gasteiger partial charge in [-0.25, -0.2) is 15.1 Å². The summed E-state index contributed by atoms with van der Waals surface area (Å²) in [4.78, 5) is 50.7. The Bertz CT molecular complexity index is 821. The summed E-state index contributed by atoms with van der Waals surface area (Å²) in [5.41, 5.74) is 3.47. The number of rotatable bonds is 7. The lowest BCUT2D eigenvalue weighted by Crippen LogP contribution is -2.50. The highest BCUT2D eigenvalue weighted by molar-refractivity contribution is 5.88. The molecule has 4 amide bonds. The van der Waals surface area contributed by atoms with Crippen LogP contribution in [0, 0.1) is 0 Å². The monoisotopic (exact) mass is 432 g/mol. The number of carboxylic acid groups (broad SMARTS) is 1. The van der Waals surface area contributed by atoms with Crippen LogP contribution in [-0.4, -0.2) is 75.8 Å². The molecule has 2 N–H and O–H groups in total. The maximum atomic E-state index is 12.8. The fourth-order valence-corrected chi connectivity index (χ4v) is 4.53. The van der Waals surface area contributed by atoms with E-state index in [-0.39, 0.29) is 30.1 Å². The zero-order valence-electron chi connectivity index (χ0n) is 17.5. The average Bonchev–Trinajstić information content (AvgIpc) is 3.34. The zero-order valence-corrected chi connectivity index (χ0v) is 17.5. The van der Waals surface area contributed by atoms with Crippen molar-refractivity contribution in [3.05, 3.63) is 35.9 Å². The van der Waals surface area contributed by atoms with Gasteiger partial charge in [0.2, 0.25) is 0 Å². The molecule has 2 bridgehead atoms. The number of fused-ring (bicyclic) bond motifs is 2. The molecule has 1 saturated carbocycles. The Morgan fingerprint density at radius 3 is 2.71 bits per heavy atom. The number of carbonyl (C=O) groups is 3. The smallest absolute Gasteiger partial charge is 0.407 e. The summed E-state index contributed by atoms with van der Waals surface area (Å²) in [6, 6.07) is 8.53. The zero-order chi connectivity index (χ0) is 22.0. The number of benzene rings is 1. The van der Waals surface area contributed by atoms with Crippen LogP contribution in [0.3, 0.4) is 0 Å². The van der Waals surface area contributed by atoms with Crippen molar-refractivity contribution in [1.82, 2.24) is 20.3 Å². The quantitative estimate of drug-likeness (QED) is 0.637. The molecular weight excluding hydrogens is 404 g/mol. The van der Waals surface area contributed by atoms with Gasteiger partial charge in [-0.3, -0.25) is 14.5 Å². The van der Waals surface area contributed by atoms with Crippen molar-refractivity contribution in [2.24, 2.45) is 0 Å². The molecule has 4 atom stereocenters. The maximum Gasteiger partial charge on any atom is 0.407 e. The Morgan fingerprint density at radius 2 is 1.97 bits per heavy atom. The third kappa shape index (κ3) is 4.59. The molecule has 0 radical (unpaired) electrons. The summed E-state index contributed by atoms with van der Waals surface area (Å²) in [6.45, 7) is 0.741. The van der Waals surface area contributed by atoms with E-state index in [2.05, 4.69) is 5.48 Å². The summed E-state index contributed by atoms with van der Waals surface area (Å²) in [5.74, 6) is -0.355. The van der Waals surface area contributed by atoms with Gasteiger partial charge in [-0.05, 0) is 37.7 Å². The molecule has 3 fully saturated rings. The van der Waals surface area contributed by atoms with Crippen LogP contribution in [0.25, 0.3) is 0 Å². The van der Waals surface area contributed by atoms with Crippen molar-refractivity contribution in [1.29, 1.82) is 0 Å². The Hall–Kier alpha value is -2.85. The number of urea groups is 1. The minimum absolute atomic E-state index is 0.0664. The largest absolute Gasteiger partial charge is 0.465 e. The first-order chi connectivity index (χ1) is 14.9. The van der Waals surface area contributed by atoms with Crippen molar-refractivity contribution in [3.63, 3.8) is 0 Å². The summed E-state index contributed by atoms with van der Waals surface area (Å²) in [6.07, 6.45) is 1.87. The van der Waals surface area contributed by atoms with Crippen molar-refractivity contribution in [3.8, 4) is 0 Å². The minimum atomic E-state index is -0.974. The van der Waals surface area contributed by atoms with Crippen molar-refractivity contribution in [2.75, 3.05) is 13.6 Å². The lowest BCUT2D eigenvalue weighted by molar-refractivity contribution is -0.144. The molecule has 0 aromatic heterocycles. The molecule has 168 valence electrons. The van der Waals surface area contributed by atoms with Crippen LogP contribution in [0.1, 0.15) is 37.7 Å². The standard InChI is InChI=1S/C21H28N4O6/c1-23(21(28)29)15-7-9-17(11-15)31-22-19(26)18-10-8-16-12-24(18)20(27)25(16)30-13-14-5-3-2-4-6-14/h2-6,15-18H,7-13H2,1H3,(H,22,26)(H,28,29)/t15?,16-,17?,18+/m1/s1. The molecule has 3 aliphatic rings. The third-order valence-corrected chi connectivity index (χ3v) is 6.37. The van der Waals surface area contributed by atoms with E-state index in [0.29, 0.717) is 45.3 Å². The Balaban J connectivity index is 1.27. The Labute approximate surface area is 180 Å². The summed E-state index contributed by atoms with van der Waals surface area (Å²) < 4.78 is 0. The predicted molar refractivity (Wildman–Crippen MR) is 108 cm³/mol. The lowest BCUT2D eigenvalue weighted by atomic mass is 10.0. The van der Waals surface area contributed by atoms with E-state index in [9.17, 15) is 14.4 Å². The molecule has 10 heteroatoms. The van der Waals surface area contributed by atoms with Gasteiger partial charge in [0.25, 0.3) is 5.91 Å². The highest BCUT2D eigenvalue weighted by Gasteiger charge is 2.48. The number of nitrogens with one attached hydrogen (secondary N) is 1. The van der Waals surface area contributed by atoms with Crippen LogP contribution in [-0.2, 0) is 21.1 Å². The van der Waals surface area contributed by atoms with Crippen molar-refractivity contribution >= 4 is 18.0 Å². The van der Waals surface area contributed by atoms with Gasteiger partial charge >= 0.3 is 12.1 Å². The molecule has 2 aliphatic heterocycles. The number of hydrogen-bond donors (Lipinski definition) is 2. The van der Waals surface area contributed by atoms with Gasteiger partial charge in [-0.2, -0.15) is 5.06 Å². The number of amides is 4. The summed E-state index contributed by atoms with van der Waals surface area (Å²) in [7, 11) is 1.54. The van der Waals surface area contributed by atoms with Gasteiger partial charge in [0.1, 0.15) is 12.6 Å². The van der Waals surface area contributed by atoms with Crippen LogP contribution in [0.2, 0.25) is 0 Å². The van der Waals surface area contributed by atoms with Crippen molar-refractivity contribution < 1.29 is 29.2 Å². The Morgan fingerprint density at radius 1 is 1.19 bits per heavy atom. The fourth-order valence-electron chi connectivity index (χ4n) is 4.53. The molecule has 2 heterocycles. The molecule has 2 saturated heterocycles. The molecule has 1 aromatic rings. The fraction of sp³-hybridized carbons (Fsp3) is 0.571. The van der Waals surface area contributed by atoms with Gasteiger partial charge in [-0.1, -0.05) is 30.3 Å². The first kappa shape index (κ1) is 21.4. The molecular formula is C21H28N4O6.